The summed E-state index contributed by atoms with van der Waals surface area (Å²) in [6.45, 7) is 20.1. The Morgan fingerprint density at radius 3 is 1.86 bits per heavy atom. The van der Waals surface area contributed by atoms with Crippen molar-refractivity contribution < 1.29 is 41.3 Å². The van der Waals surface area contributed by atoms with E-state index in [2.05, 4.69) is 164 Å². The van der Waals surface area contributed by atoms with Crippen LogP contribution in [0.3, 0.4) is 0 Å². The van der Waals surface area contributed by atoms with Crippen LogP contribution in [0.1, 0.15) is 90.0 Å². The van der Waals surface area contributed by atoms with E-state index in [0.717, 1.165) is 61.9 Å². The SMILES string of the molecule is [2H]c1c([2H])c([2H])c2c(c1[2H])c1c([2H])c([2H])c([2H])c([2H])c1n2-c1cc(Oc2[c-]c(-n3[c-][n+](-c4c(-c5ccccc5)cccc4-c4cc(C(C)(C)C)cc(C(C)(C)C)c4)c4ccccc43)ccc2)[c-]c2c1c1ccccc1n2-c1cc(CC(C)(C)C)ccn1.[Pt]. The van der Waals surface area contributed by atoms with E-state index in [0.29, 0.717) is 33.8 Å². The van der Waals surface area contributed by atoms with Crippen LogP contribution in [0.2, 0.25) is 0 Å². The molecule has 398 valence electrons. The van der Waals surface area contributed by atoms with E-state index >= 15 is 0 Å². The van der Waals surface area contributed by atoms with E-state index in [-0.39, 0.29) is 64.9 Å². The quantitative estimate of drug-likeness (QED) is 0.107. The van der Waals surface area contributed by atoms with E-state index in [4.69, 9.17) is 15.2 Å². The standard InChI is InChI=1S/C73H63N5O.Pt/c1-71(2,3)46-48-37-38-74-68(39-48)78-63-34-18-15-29-60(63)69-66(77-61-32-16-13-27-58(61)59-28-14-17-33-62(59)77)44-55(45-67(69)78)79-54-26-21-25-53(43-54)75-47-76(65-36-20-19-35-64(65)75)70-56(49-23-11-10-12-24-49)30-22-31-57(70)50-40-51(72(4,5)6)42-52(41-50)73(7,8)9;/h10-42,44H,46H2,1-9H3;/q-2;/i13D,14D,16D,17D,27D,28D,32D,33D;. The van der Waals surface area contributed by atoms with Crippen molar-refractivity contribution in [1.82, 2.24) is 18.7 Å². The molecule has 7 heteroatoms. The van der Waals surface area contributed by atoms with Crippen molar-refractivity contribution >= 4 is 54.6 Å². The number of aromatic nitrogens is 5. The zero-order valence-corrected chi connectivity index (χ0v) is 48.5. The Balaban J connectivity index is 0.00000754. The molecule has 0 fully saturated rings. The van der Waals surface area contributed by atoms with Crippen LogP contribution >= 0.6 is 0 Å². The number of pyridine rings is 1. The Labute approximate surface area is 495 Å². The largest absolute Gasteiger partial charge is 0.510 e. The van der Waals surface area contributed by atoms with E-state index in [1.807, 2.05) is 69.8 Å². The Morgan fingerprint density at radius 1 is 0.550 bits per heavy atom. The maximum atomic E-state index is 9.53. The third kappa shape index (κ3) is 9.43. The Morgan fingerprint density at radius 2 is 1.18 bits per heavy atom. The third-order valence-electron chi connectivity index (χ3n) is 14.8. The van der Waals surface area contributed by atoms with Gasteiger partial charge < -0.3 is 18.4 Å². The normalized spacial score (nSPS) is 13.7. The molecular weight excluding hydrogens is 1160 g/mol. The number of hydrogen-bond acceptors (Lipinski definition) is 2. The summed E-state index contributed by atoms with van der Waals surface area (Å²) in [6.07, 6.45) is 6.36. The molecule has 0 saturated carbocycles. The van der Waals surface area contributed by atoms with Gasteiger partial charge >= 0.3 is 0 Å². The maximum absolute atomic E-state index is 9.53. The van der Waals surface area contributed by atoms with Crippen LogP contribution in [0.4, 0.5) is 0 Å². The van der Waals surface area contributed by atoms with Crippen molar-refractivity contribution in [1.29, 1.82) is 0 Å². The first-order valence-electron chi connectivity index (χ1n) is 30.8. The van der Waals surface area contributed by atoms with Gasteiger partial charge in [-0.3, -0.25) is 4.57 Å². The Bertz CT molecular complexity index is 4880. The second kappa shape index (κ2) is 20.1. The molecule has 4 aromatic heterocycles. The summed E-state index contributed by atoms with van der Waals surface area (Å²) in [7, 11) is 0. The molecule has 80 heavy (non-hydrogen) atoms. The van der Waals surface area contributed by atoms with Crippen molar-refractivity contribution in [2.75, 3.05) is 0 Å². The van der Waals surface area contributed by atoms with E-state index in [1.54, 1.807) is 22.9 Å². The number of ether oxygens (including phenoxy) is 1. The van der Waals surface area contributed by atoms with Crippen molar-refractivity contribution in [3.8, 4) is 56.6 Å². The fraction of sp³-hybridized carbons (Fsp3) is 0.178. The summed E-state index contributed by atoms with van der Waals surface area (Å²) in [5.41, 5.74) is 12.4. The molecule has 0 radical (unpaired) electrons. The summed E-state index contributed by atoms with van der Waals surface area (Å²) in [6, 6.07) is 54.8. The van der Waals surface area contributed by atoms with Gasteiger partial charge in [-0.15, -0.1) is 24.3 Å². The monoisotopic (exact) mass is 1230 g/mol. The second-order valence-electron chi connectivity index (χ2n) is 23.8. The van der Waals surface area contributed by atoms with Crippen LogP contribution in [0, 0.1) is 23.9 Å². The smallest absolute Gasteiger partial charge is 0.268 e. The molecule has 0 aliphatic carbocycles. The van der Waals surface area contributed by atoms with Gasteiger partial charge in [0.05, 0.1) is 38.7 Å². The summed E-state index contributed by atoms with van der Waals surface area (Å²) in [5.74, 6) is 1.09. The van der Waals surface area contributed by atoms with E-state index in [9.17, 15) is 5.48 Å². The molecule has 9 aromatic carbocycles. The molecule has 0 N–H and O–H groups in total. The topological polar surface area (TPSA) is 40.8 Å². The molecule has 13 rings (SSSR count). The first-order chi connectivity index (χ1) is 41.4. The van der Waals surface area contributed by atoms with Gasteiger partial charge in [0.15, 0.2) is 0 Å². The molecule has 0 aliphatic heterocycles. The number of fused-ring (bicyclic) bond motifs is 7. The Kier molecular flexibility index (Phi) is 10.9. The number of imidazole rings is 1. The van der Waals surface area contributed by atoms with Gasteiger partial charge in [0.1, 0.15) is 5.82 Å². The number of nitrogens with zero attached hydrogens (tertiary/aromatic N) is 5. The summed E-state index contributed by atoms with van der Waals surface area (Å²) >= 11 is 0. The van der Waals surface area contributed by atoms with Crippen molar-refractivity contribution in [2.24, 2.45) is 5.41 Å². The molecule has 0 atom stereocenters. The van der Waals surface area contributed by atoms with Crippen LogP contribution in [0.5, 0.6) is 11.5 Å². The molecule has 0 saturated heterocycles. The van der Waals surface area contributed by atoms with Crippen molar-refractivity contribution in [3.63, 3.8) is 0 Å². The Hall–Kier alpha value is -8.31. The van der Waals surface area contributed by atoms with E-state index < -0.39 is 48.3 Å². The molecule has 0 aliphatic rings. The summed E-state index contributed by atoms with van der Waals surface area (Å²) in [5, 5.41) is 1.24. The fourth-order valence-electron chi connectivity index (χ4n) is 11.1. The van der Waals surface area contributed by atoms with E-state index in [1.165, 1.54) is 11.1 Å². The van der Waals surface area contributed by atoms with Crippen LogP contribution < -0.4 is 9.30 Å². The van der Waals surface area contributed by atoms with Gasteiger partial charge in [-0.25, -0.2) is 4.98 Å². The maximum Gasteiger partial charge on any atom is 0.268 e. The number of hydrogen-bond donors (Lipinski definition) is 0. The van der Waals surface area contributed by atoms with Gasteiger partial charge in [0, 0.05) is 55.1 Å². The van der Waals surface area contributed by atoms with Crippen LogP contribution in [-0.2, 0) is 38.3 Å². The third-order valence-corrected chi connectivity index (χ3v) is 14.8. The fourth-order valence-corrected chi connectivity index (χ4v) is 11.1. The molecule has 0 spiro atoms. The first-order valence-corrected chi connectivity index (χ1v) is 26.8. The average molecular weight is 1230 g/mol. The van der Waals surface area contributed by atoms with Crippen LogP contribution in [0.25, 0.3) is 99.8 Å². The van der Waals surface area contributed by atoms with Gasteiger partial charge in [0.25, 0.3) is 6.33 Å². The van der Waals surface area contributed by atoms with Crippen molar-refractivity contribution in [2.45, 2.75) is 79.6 Å². The van der Waals surface area contributed by atoms with Crippen molar-refractivity contribution in [3.05, 3.63) is 241 Å². The van der Waals surface area contributed by atoms with Gasteiger partial charge in [0.2, 0.25) is 0 Å². The molecule has 0 amide bonds. The minimum Gasteiger partial charge on any atom is -0.510 e. The predicted molar refractivity (Wildman–Crippen MR) is 326 cm³/mol. The number of rotatable bonds is 9. The molecular formula is C73H63N5OPt-2. The molecule has 0 bridgehead atoms. The van der Waals surface area contributed by atoms with Crippen LogP contribution in [-0.4, -0.2) is 18.7 Å². The summed E-state index contributed by atoms with van der Waals surface area (Å²) < 4.78 is 88.0. The number of para-hydroxylation sites is 6. The molecule has 0 unspecified atom stereocenters. The second-order valence-corrected chi connectivity index (χ2v) is 23.8. The van der Waals surface area contributed by atoms with Crippen LogP contribution in [0.15, 0.2) is 206 Å². The predicted octanol–water partition coefficient (Wildman–Crippen LogP) is 18.2. The molecule has 4 heterocycles. The molecule has 6 nitrogen and oxygen atoms in total. The minimum atomic E-state index is -0.526. The zero-order valence-electron chi connectivity index (χ0n) is 54.2. The first kappa shape index (κ1) is 43.6. The van der Waals surface area contributed by atoms with Gasteiger partial charge in [-0.05, 0) is 109 Å². The minimum absolute atomic E-state index is 0. The zero-order chi connectivity index (χ0) is 61.3. The summed E-state index contributed by atoms with van der Waals surface area (Å²) in [4.78, 5) is 4.96. The average Bonchev–Trinajstić information content (AvgIpc) is 1.54. The number of benzene rings is 9. The molecule has 13 aromatic rings. The van der Waals surface area contributed by atoms with Gasteiger partial charge in [-0.1, -0.05) is 219 Å². The van der Waals surface area contributed by atoms with Gasteiger partial charge in [-0.2, -0.15) is 12.1 Å².